The van der Waals surface area contributed by atoms with Crippen LogP contribution in [0, 0.1) is 0 Å². The highest BCUT2D eigenvalue weighted by molar-refractivity contribution is 5.94. The Balaban J connectivity index is 2.16. The molecule has 2 rings (SSSR count). The summed E-state index contributed by atoms with van der Waals surface area (Å²) in [5.41, 5.74) is 2.09. The number of H-pyrrole nitrogens is 1. The molecular formula is C17H22N2O3. The summed E-state index contributed by atoms with van der Waals surface area (Å²) in [7, 11) is 1.63. The molecule has 0 spiro atoms. The Bertz CT molecular complexity index is 676. The van der Waals surface area contributed by atoms with Crippen LogP contribution in [0.1, 0.15) is 32.3 Å². The molecule has 2 amide bonds. The highest BCUT2D eigenvalue weighted by atomic mass is 16.5. The predicted octanol–water partition coefficient (Wildman–Crippen LogP) is 2.89. The fourth-order valence-electron chi connectivity index (χ4n) is 2.53. The van der Waals surface area contributed by atoms with E-state index < -0.39 is 0 Å². The number of aromatic nitrogens is 1. The largest absolute Gasteiger partial charge is 0.497 e. The number of amides is 2. The number of aromatic amines is 1. The molecule has 0 aliphatic rings. The Kier molecular flexibility index (Phi) is 5.20. The van der Waals surface area contributed by atoms with E-state index in [0.717, 1.165) is 28.6 Å². The minimum atomic E-state index is -0.198. The molecule has 2 aromatic rings. The van der Waals surface area contributed by atoms with Crippen LogP contribution in [-0.4, -0.2) is 35.4 Å². The van der Waals surface area contributed by atoms with Gasteiger partial charge in [0.15, 0.2) is 0 Å². The molecule has 5 nitrogen and oxygen atoms in total. The lowest BCUT2D eigenvalue weighted by Gasteiger charge is -2.18. The van der Waals surface area contributed by atoms with Crippen LogP contribution < -0.4 is 4.74 Å². The molecule has 1 aromatic carbocycles. The zero-order chi connectivity index (χ0) is 16.1. The summed E-state index contributed by atoms with van der Waals surface area (Å²) < 4.78 is 5.25. The first-order valence-electron chi connectivity index (χ1n) is 7.51. The van der Waals surface area contributed by atoms with Crippen molar-refractivity contribution in [2.75, 3.05) is 13.7 Å². The molecule has 1 N–H and O–H groups in total. The summed E-state index contributed by atoms with van der Waals surface area (Å²) in [6.07, 6.45) is 3.70. The van der Waals surface area contributed by atoms with E-state index in [0.29, 0.717) is 19.4 Å². The van der Waals surface area contributed by atoms with Gasteiger partial charge in [0, 0.05) is 37.0 Å². The topological polar surface area (TPSA) is 62.4 Å². The van der Waals surface area contributed by atoms with Gasteiger partial charge in [0.25, 0.3) is 0 Å². The SMILES string of the molecule is CCCC(=O)N(CCc1c[nH]c2ccc(OC)cc12)C(C)=O. The lowest BCUT2D eigenvalue weighted by atomic mass is 10.1. The number of fused-ring (bicyclic) bond motifs is 1. The first kappa shape index (κ1) is 16.1. The van der Waals surface area contributed by atoms with Gasteiger partial charge in [0.2, 0.25) is 11.8 Å². The molecular weight excluding hydrogens is 280 g/mol. The second kappa shape index (κ2) is 7.11. The molecule has 5 heteroatoms. The standard InChI is InChI=1S/C17H22N2O3/c1-4-5-17(21)19(12(2)20)9-8-13-11-18-16-7-6-14(22-3)10-15(13)16/h6-7,10-11,18H,4-5,8-9H2,1-3H3. The summed E-state index contributed by atoms with van der Waals surface area (Å²) in [6, 6.07) is 5.82. The summed E-state index contributed by atoms with van der Waals surface area (Å²) in [5, 5.41) is 1.06. The van der Waals surface area contributed by atoms with Gasteiger partial charge >= 0.3 is 0 Å². The molecule has 118 valence electrons. The van der Waals surface area contributed by atoms with Crippen molar-refractivity contribution in [1.82, 2.24) is 9.88 Å². The maximum atomic E-state index is 12.0. The Morgan fingerprint density at radius 1 is 1.32 bits per heavy atom. The number of benzene rings is 1. The van der Waals surface area contributed by atoms with Gasteiger partial charge in [0.1, 0.15) is 5.75 Å². The molecule has 0 saturated carbocycles. The minimum absolute atomic E-state index is 0.104. The molecule has 0 radical (unpaired) electrons. The summed E-state index contributed by atoms with van der Waals surface area (Å²) in [6.45, 7) is 3.77. The molecule has 0 aliphatic heterocycles. The van der Waals surface area contributed by atoms with Crippen LogP contribution in [0.25, 0.3) is 10.9 Å². The van der Waals surface area contributed by atoms with Crippen LogP contribution in [0.4, 0.5) is 0 Å². The van der Waals surface area contributed by atoms with E-state index in [2.05, 4.69) is 4.98 Å². The van der Waals surface area contributed by atoms with E-state index in [1.165, 1.54) is 11.8 Å². The third-order valence-electron chi connectivity index (χ3n) is 3.72. The van der Waals surface area contributed by atoms with E-state index in [-0.39, 0.29) is 11.8 Å². The average molecular weight is 302 g/mol. The second-order valence-corrected chi connectivity index (χ2v) is 5.29. The number of ether oxygens (including phenoxy) is 1. The number of hydrogen-bond donors (Lipinski definition) is 1. The number of carbonyl (C=O) groups excluding carboxylic acids is 2. The second-order valence-electron chi connectivity index (χ2n) is 5.29. The van der Waals surface area contributed by atoms with Crippen LogP contribution in [0.5, 0.6) is 5.75 Å². The first-order chi connectivity index (χ1) is 10.6. The molecule has 0 fully saturated rings. The van der Waals surface area contributed by atoms with Gasteiger partial charge < -0.3 is 9.72 Å². The fourth-order valence-corrected chi connectivity index (χ4v) is 2.53. The number of hydrogen-bond acceptors (Lipinski definition) is 3. The van der Waals surface area contributed by atoms with E-state index in [1.807, 2.05) is 31.3 Å². The molecule has 1 aromatic heterocycles. The number of methoxy groups -OCH3 is 1. The number of imide groups is 1. The maximum absolute atomic E-state index is 12.0. The van der Waals surface area contributed by atoms with Gasteiger partial charge in [-0.3, -0.25) is 14.5 Å². The molecule has 1 heterocycles. The van der Waals surface area contributed by atoms with E-state index in [4.69, 9.17) is 4.74 Å². The van der Waals surface area contributed by atoms with Crippen LogP contribution in [0.3, 0.4) is 0 Å². The van der Waals surface area contributed by atoms with Crippen molar-refractivity contribution in [2.24, 2.45) is 0 Å². The highest BCUT2D eigenvalue weighted by Crippen LogP contribution is 2.24. The first-order valence-corrected chi connectivity index (χ1v) is 7.51. The van der Waals surface area contributed by atoms with E-state index in [9.17, 15) is 9.59 Å². The molecule has 22 heavy (non-hydrogen) atoms. The molecule has 0 saturated heterocycles. The summed E-state index contributed by atoms with van der Waals surface area (Å²) >= 11 is 0. The van der Waals surface area contributed by atoms with Crippen molar-refractivity contribution in [3.05, 3.63) is 30.0 Å². The molecule has 0 bridgehead atoms. The van der Waals surface area contributed by atoms with Crippen LogP contribution in [0.15, 0.2) is 24.4 Å². The zero-order valence-electron chi connectivity index (χ0n) is 13.3. The van der Waals surface area contributed by atoms with Crippen molar-refractivity contribution in [3.63, 3.8) is 0 Å². The summed E-state index contributed by atoms with van der Waals surface area (Å²) in [5.74, 6) is 0.488. The Labute approximate surface area is 130 Å². The average Bonchev–Trinajstić information content (AvgIpc) is 2.89. The van der Waals surface area contributed by atoms with Gasteiger partial charge in [0.05, 0.1) is 7.11 Å². The quantitative estimate of drug-likeness (QED) is 0.892. The van der Waals surface area contributed by atoms with Crippen molar-refractivity contribution in [2.45, 2.75) is 33.1 Å². The van der Waals surface area contributed by atoms with Gasteiger partial charge in [-0.25, -0.2) is 0 Å². The zero-order valence-corrected chi connectivity index (χ0v) is 13.3. The summed E-state index contributed by atoms with van der Waals surface area (Å²) in [4.78, 5) is 28.2. The van der Waals surface area contributed by atoms with Crippen LogP contribution in [-0.2, 0) is 16.0 Å². The number of nitrogens with one attached hydrogen (secondary N) is 1. The number of rotatable bonds is 6. The lowest BCUT2D eigenvalue weighted by Crippen LogP contribution is -2.36. The van der Waals surface area contributed by atoms with Crippen molar-refractivity contribution < 1.29 is 14.3 Å². The lowest BCUT2D eigenvalue weighted by molar-refractivity contribution is -0.143. The van der Waals surface area contributed by atoms with Crippen molar-refractivity contribution in [3.8, 4) is 5.75 Å². The van der Waals surface area contributed by atoms with Gasteiger partial charge in [-0.05, 0) is 36.6 Å². The van der Waals surface area contributed by atoms with Crippen molar-refractivity contribution >= 4 is 22.7 Å². The van der Waals surface area contributed by atoms with E-state index >= 15 is 0 Å². The Morgan fingerprint density at radius 2 is 2.09 bits per heavy atom. The van der Waals surface area contributed by atoms with Gasteiger partial charge in [-0.15, -0.1) is 0 Å². The van der Waals surface area contributed by atoms with Crippen LogP contribution in [0.2, 0.25) is 0 Å². The Morgan fingerprint density at radius 3 is 2.73 bits per heavy atom. The fraction of sp³-hybridized carbons (Fsp3) is 0.412. The Hall–Kier alpha value is -2.30. The molecule has 0 unspecified atom stereocenters. The highest BCUT2D eigenvalue weighted by Gasteiger charge is 2.17. The van der Waals surface area contributed by atoms with Gasteiger partial charge in [-0.2, -0.15) is 0 Å². The molecule has 0 aliphatic carbocycles. The molecule has 0 atom stereocenters. The normalized spacial score (nSPS) is 10.7. The maximum Gasteiger partial charge on any atom is 0.229 e. The predicted molar refractivity (Wildman–Crippen MR) is 85.9 cm³/mol. The van der Waals surface area contributed by atoms with E-state index in [1.54, 1.807) is 7.11 Å². The van der Waals surface area contributed by atoms with Crippen molar-refractivity contribution in [1.29, 1.82) is 0 Å². The third kappa shape index (κ3) is 3.47. The monoisotopic (exact) mass is 302 g/mol. The van der Waals surface area contributed by atoms with Gasteiger partial charge in [-0.1, -0.05) is 6.92 Å². The third-order valence-corrected chi connectivity index (χ3v) is 3.72. The number of carbonyl (C=O) groups is 2. The smallest absolute Gasteiger partial charge is 0.229 e. The minimum Gasteiger partial charge on any atom is -0.497 e. The van der Waals surface area contributed by atoms with Crippen LogP contribution >= 0.6 is 0 Å². The number of nitrogens with zero attached hydrogens (tertiary/aromatic N) is 1.